The van der Waals surface area contributed by atoms with Crippen LogP contribution in [0.3, 0.4) is 0 Å². The van der Waals surface area contributed by atoms with Crippen LogP contribution < -0.4 is 5.32 Å². The van der Waals surface area contributed by atoms with E-state index in [1.807, 2.05) is 12.2 Å². The van der Waals surface area contributed by atoms with Crippen LogP contribution in [0.25, 0.3) is 0 Å². The van der Waals surface area contributed by atoms with Crippen LogP contribution in [0, 0.1) is 11.8 Å². The molecule has 1 N–H and O–H groups in total. The summed E-state index contributed by atoms with van der Waals surface area (Å²) in [4.78, 5) is 38.2. The highest BCUT2D eigenvalue weighted by molar-refractivity contribution is 7.89. The van der Waals surface area contributed by atoms with E-state index in [2.05, 4.69) is 5.32 Å². The molecule has 1 fully saturated rings. The van der Waals surface area contributed by atoms with Crippen LogP contribution >= 0.6 is 11.6 Å². The number of allylic oxidation sites excluding steroid dienone is 2. The number of rotatable bonds is 6. The first-order chi connectivity index (χ1) is 13.6. The van der Waals surface area contributed by atoms with Crippen molar-refractivity contribution < 1.29 is 22.8 Å². The minimum absolute atomic E-state index is 0.00700. The van der Waals surface area contributed by atoms with Gasteiger partial charge in [0.1, 0.15) is 4.90 Å². The number of halogens is 1. The third-order valence-electron chi connectivity index (χ3n) is 5.13. The predicted octanol–water partition coefficient (Wildman–Crippen LogP) is 1.87. The van der Waals surface area contributed by atoms with Crippen LogP contribution in [0.15, 0.2) is 35.2 Å². The van der Waals surface area contributed by atoms with Gasteiger partial charge in [0.05, 0.1) is 16.9 Å². The van der Waals surface area contributed by atoms with E-state index in [0.717, 1.165) is 9.21 Å². The number of nitrogens with zero attached hydrogens (tertiary/aromatic N) is 2. The number of amides is 3. The predicted molar refractivity (Wildman–Crippen MR) is 108 cm³/mol. The lowest BCUT2D eigenvalue weighted by atomic mass is 9.85. The number of fused-ring (bicyclic) bond motifs is 1. The third-order valence-corrected chi connectivity index (χ3v) is 7.43. The molecule has 0 radical (unpaired) electrons. The van der Waals surface area contributed by atoms with Crippen molar-refractivity contribution in [2.24, 2.45) is 11.8 Å². The molecule has 3 amide bonds. The van der Waals surface area contributed by atoms with Gasteiger partial charge in [-0.05, 0) is 31.0 Å². The number of nitrogens with one attached hydrogen (secondary N) is 1. The third kappa shape index (κ3) is 4.22. The van der Waals surface area contributed by atoms with Gasteiger partial charge in [0.15, 0.2) is 0 Å². The monoisotopic (exact) mass is 439 g/mol. The number of benzene rings is 1. The molecule has 2 atom stereocenters. The van der Waals surface area contributed by atoms with Crippen molar-refractivity contribution in [1.82, 2.24) is 9.21 Å². The van der Waals surface area contributed by atoms with E-state index in [1.165, 1.54) is 32.3 Å². The van der Waals surface area contributed by atoms with Gasteiger partial charge in [-0.15, -0.1) is 0 Å². The molecule has 0 saturated carbocycles. The Labute approximate surface area is 174 Å². The van der Waals surface area contributed by atoms with Gasteiger partial charge >= 0.3 is 0 Å². The van der Waals surface area contributed by atoms with E-state index in [9.17, 15) is 22.8 Å². The SMILES string of the molecule is CN(C)S(=O)(=O)c1cc(NC(=O)CCN2C(=O)C3CC=CCC3C2=O)ccc1Cl. The van der Waals surface area contributed by atoms with Gasteiger partial charge in [0.2, 0.25) is 27.7 Å². The highest BCUT2D eigenvalue weighted by atomic mass is 35.5. The van der Waals surface area contributed by atoms with E-state index in [4.69, 9.17) is 11.6 Å². The normalized spacial score (nSPS) is 21.6. The summed E-state index contributed by atoms with van der Waals surface area (Å²) >= 11 is 6.00. The molecule has 1 aliphatic carbocycles. The van der Waals surface area contributed by atoms with Gasteiger partial charge in [-0.2, -0.15) is 0 Å². The van der Waals surface area contributed by atoms with E-state index in [0.29, 0.717) is 12.8 Å². The quantitative estimate of drug-likeness (QED) is 0.538. The lowest BCUT2D eigenvalue weighted by molar-refractivity contribution is -0.140. The summed E-state index contributed by atoms with van der Waals surface area (Å²) in [6, 6.07) is 4.15. The Bertz CT molecular complexity index is 964. The Balaban J connectivity index is 1.65. The maximum atomic E-state index is 12.4. The average molecular weight is 440 g/mol. The van der Waals surface area contributed by atoms with Crippen molar-refractivity contribution in [3.63, 3.8) is 0 Å². The molecule has 2 aliphatic rings. The summed E-state index contributed by atoms with van der Waals surface area (Å²) in [5, 5.41) is 2.64. The lowest BCUT2D eigenvalue weighted by Gasteiger charge is -2.16. The molecule has 0 spiro atoms. The Morgan fingerprint density at radius 3 is 2.31 bits per heavy atom. The van der Waals surface area contributed by atoms with Gasteiger partial charge in [-0.3, -0.25) is 19.3 Å². The summed E-state index contributed by atoms with van der Waals surface area (Å²) in [6.07, 6.45) is 4.82. The standard InChI is InChI=1S/C19H22ClN3O5S/c1-22(2)29(27,28)16-11-12(7-8-15(16)20)21-17(24)9-10-23-18(25)13-5-3-4-6-14(13)19(23)26/h3-4,7-8,11,13-14H,5-6,9-10H2,1-2H3,(H,21,24). The number of hydrogen-bond donors (Lipinski definition) is 1. The molecule has 29 heavy (non-hydrogen) atoms. The Hall–Kier alpha value is -2.23. The van der Waals surface area contributed by atoms with Crippen LogP contribution in [0.2, 0.25) is 5.02 Å². The molecule has 156 valence electrons. The summed E-state index contributed by atoms with van der Waals surface area (Å²) in [6.45, 7) is -0.00700. The molecule has 1 saturated heterocycles. The zero-order valence-corrected chi connectivity index (χ0v) is 17.7. The molecule has 1 heterocycles. The van der Waals surface area contributed by atoms with Crippen LogP contribution in [-0.2, 0) is 24.4 Å². The highest BCUT2D eigenvalue weighted by Crippen LogP contribution is 2.35. The number of likely N-dealkylation sites (tertiary alicyclic amines) is 1. The molecule has 0 bridgehead atoms. The van der Waals surface area contributed by atoms with E-state index >= 15 is 0 Å². The van der Waals surface area contributed by atoms with Gasteiger partial charge in [-0.25, -0.2) is 12.7 Å². The molecule has 8 nitrogen and oxygen atoms in total. The van der Waals surface area contributed by atoms with Gasteiger partial charge in [-0.1, -0.05) is 23.8 Å². The Morgan fingerprint density at radius 1 is 1.17 bits per heavy atom. The van der Waals surface area contributed by atoms with E-state index in [1.54, 1.807) is 0 Å². The van der Waals surface area contributed by atoms with Crippen LogP contribution in [-0.4, -0.2) is 56.0 Å². The zero-order valence-electron chi connectivity index (χ0n) is 16.1. The smallest absolute Gasteiger partial charge is 0.244 e. The number of imide groups is 1. The fourth-order valence-corrected chi connectivity index (χ4v) is 4.90. The summed E-state index contributed by atoms with van der Waals surface area (Å²) in [7, 11) is -1.01. The highest BCUT2D eigenvalue weighted by Gasteiger charge is 2.46. The summed E-state index contributed by atoms with van der Waals surface area (Å²) in [5.41, 5.74) is 0.261. The number of carbonyl (C=O) groups is 3. The maximum absolute atomic E-state index is 12.4. The van der Waals surface area contributed by atoms with Crippen LogP contribution in [0.1, 0.15) is 19.3 Å². The largest absolute Gasteiger partial charge is 0.326 e. The Morgan fingerprint density at radius 2 is 1.76 bits per heavy atom. The minimum Gasteiger partial charge on any atom is -0.326 e. The van der Waals surface area contributed by atoms with Gasteiger partial charge < -0.3 is 5.32 Å². The molecule has 1 aliphatic heterocycles. The second-order valence-electron chi connectivity index (χ2n) is 7.21. The minimum atomic E-state index is -3.77. The first-order valence-electron chi connectivity index (χ1n) is 9.15. The molecule has 1 aromatic rings. The molecule has 10 heteroatoms. The Kier molecular flexibility index (Phi) is 6.11. The fourth-order valence-electron chi connectivity index (χ4n) is 3.50. The fraction of sp³-hybridized carbons (Fsp3) is 0.421. The van der Waals surface area contributed by atoms with Crippen molar-refractivity contribution in [3.05, 3.63) is 35.4 Å². The molecular weight excluding hydrogens is 418 g/mol. The number of sulfonamides is 1. The van der Waals surface area contributed by atoms with Crippen molar-refractivity contribution in [3.8, 4) is 0 Å². The van der Waals surface area contributed by atoms with Crippen molar-refractivity contribution in [2.45, 2.75) is 24.2 Å². The number of carbonyl (C=O) groups excluding carboxylic acids is 3. The number of hydrogen-bond acceptors (Lipinski definition) is 5. The zero-order chi connectivity index (χ0) is 21.3. The summed E-state index contributed by atoms with van der Waals surface area (Å²) in [5.74, 6) is -1.56. The van der Waals surface area contributed by atoms with Crippen molar-refractivity contribution in [2.75, 3.05) is 26.0 Å². The first-order valence-corrected chi connectivity index (χ1v) is 11.0. The topological polar surface area (TPSA) is 104 Å². The van der Waals surface area contributed by atoms with Crippen molar-refractivity contribution >= 4 is 45.0 Å². The maximum Gasteiger partial charge on any atom is 0.244 e. The van der Waals surface area contributed by atoms with Crippen LogP contribution in [0.4, 0.5) is 5.69 Å². The second-order valence-corrected chi connectivity index (χ2v) is 9.74. The van der Waals surface area contributed by atoms with E-state index in [-0.39, 0.29) is 52.2 Å². The van der Waals surface area contributed by atoms with Crippen molar-refractivity contribution in [1.29, 1.82) is 0 Å². The molecule has 0 aromatic heterocycles. The molecular formula is C19H22ClN3O5S. The number of anilines is 1. The molecule has 2 unspecified atom stereocenters. The summed E-state index contributed by atoms with van der Waals surface area (Å²) < 4.78 is 25.7. The average Bonchev–Trinajstić information content (AvgIpc) is 2.92. The lowest BCUT2D eigenvalue weighted by Crippen LogP contribution is -2.34. The van der Waals surface area contributed by atoms with Gasteiger partial charge in [0, 0.05) is 32.7 Å². The van der Waals surface area contributed by atoms with E-state index < -0.39 is 15.9 Å². The van der Waals surface area contributed by atoms with Crippen LogP contribution in [0.5, 0.6) is 0 Å². The van der Waals surface area contributed by atoms with Gasteiger partial charge in [0.25, 0.3) is 0 Å². The molecule has 1 aromatic carbocycles. The first kappa shape index (κ1) is 21.5. The molecule has 3 rings (SSSR count). The second kappa shape index (κ2) is 8.25.